The summed E-state index contributed by atoms with van der Waals surface area (Å²) in [5.74, 6) is 1.25. The van der Waals surface area contributed by atoms with Crippen LogP contribution in [0.25, 0.3) is 0 Å². The second-order valence-corrected chi connectivity index (χ2v) is 4.24. The van der Waals surface area contributed by atoms with Crippen molar-refractivity contribution in [2.75, 3.05) is 11.9 Å². The Morgan fingerprint density at radius 3 is 3.07 bits per heavy atom. The van der Waals surface area contributed by atoms with Crippen LogP contribution in [0.15, 0.2) is 12.3 Å². The number of anilines is 1. The minimum Gasteiger partial charge on any atom is -0.393 e. The first-order valence-electron chi connectivity index (χ1n) is 5.45. The van der Waals surface area contributed by atoms with E-state index in [9.17, 15) is 5.11 Å². The Bertz CT molecular complexity index is 329. The quantitative estimate of drug-likeness (QED) is 0.785. The highest BCUT2D eigenvalue weighted by Gasteiger charge is 2.22. The number of nitrogens with one attached hydrogen (secondary N) is 1. The van der Waals surface area contributed by atoms with Crippen molar-refractivity contribution in [2.45, 2.75) is 32.3 Å². The summed E-state index contributed by atoms with van der Waals surface area (Å²) in [5, 5.41) is 12.6. The first kappa shape index (κ1) is 10.4. The Hall–Kier alpha value is -1.16. The fourth-order valence-corrected chi connectivity index (χ4v) is 2.00. The molecular weight excluding hydrogens is 190 g/mol. The zero-order valence-corrected chi connectivity index (χ0v) is 8.98. The Labute approximate surface area is 89.8 Å². The molecule has 0 amide bonds. The average Bonchev–Trinajstić information content (AvgIpc) is 2.62. The number of nitrogens with zero attached hydrogens (tertiary/aromatic N) is 2. The molecular formula is C11H17N3O. The molecule has 4 heteroatoms. The van der Waals surface area contributed by atoms with Crippen molar-refractivity contribution in [2.24, 2.45) is 5.92 Å². The molecule has 1 saturated carbocycles. The highest BCUT2D eigenvalue weighted by molar-refractivity contribution is 5.24. The first-order valence-corrected chi connectivity index (χ1v) is 5.45. The van der Waals surface area contributed by atoms with Crippen LogP contribution < -0.4 is 5.32 Å². The van der Waals surface area contributed by atoms with Crippen LogP contribution in [0.5, 0.6) is 0 Å². The van der Waals surface area contributed by atoms with Crippen molar-refractivity contribution in [3.05, 3.63) is 18.0 Å². The van der Waals surface area contributed by atoms with Gasteiger partial charge in [-0.3, -0.25) is 0 Å². The predicted molar refractivity (Wildman–Crippen MR) is 58.6 cm³/mol. The van der Waals surface area contributed by atoms with Gasteiger partial charge in [-0.2, -0.15) is 0 Å². The molecule has 1 heterocycles. The van der Waals surface area contributed by atoms with Crippen molar-refractivity contribution in [3.8, 4) is 0 Å². The maximum absolute atomic E-state index is 9.38. The zero-order chi connectivity index (χ0) is 10.7. The summed E-state index contributed by atoms with van der Waals surface area (Å²) in [6.45, 7) is 2.81. The molecule has 1 aromatic rings. The van der Waals surface area contributed by atoms with Crippen LogP contribution in [0.1, 0.15) is 25.0 Å². The average molecular weight is 207 g/mol. The van der Waals surface area contributed by atoms with E-state index in [1.165, 1.54) is 0 Å². The van der Waals surface area contributed by atoms with Crippen molar-refractivity contribution in [1.82, 2.24) is 9.97 Å². The lowest BCUT2D eigenvalue weighted by molar-refractivity contribution is 0.178. The Kier molecular flexibility index (Phi) is 3.16. The minimum atomic E-state index is -0.102. The van der Waals surface area contributed by atoms with Crippen molar-refractivity contribution < 1.29 is 5.11 Å². The van der Waals surface area contributed by atoms with Gasteiger partial charge in [0.25, 0.3) is 0 Å². The van der Waals surface area contributed by atoms with Crippen LogP contribution in [0, 0.1) is 12.8 Å². The van der Waals surface area contributed by atoms with Gasteiger partial charge in [0.1, 0.15) is 0 Å². The molecule has 2 unspecified atom stereocenters. The molecule has 1 aliphatic rings. The third kappa shape index (κ3) is 2.89. The van der Waals surface area contributed by atoms with E-state index >= 15 is 0 Å². The fraction of sp³-hybridized carbons (Fsp3) is 0.636. The molecule has 15 heavy (non-hydrogen) atoms. The molecule has 2 atom stereocenters. The summed E-state index contributed by atoms with van der Waals surface area (Å²) in [6, 6.07) is 1.88. The summed E-state index contributed by atoms with van der Waals surface area (Å²) in [6.07, 6.45) is 4.59. The maximum atomic E-state index is 9.38. The summed E-state index contributed by atoms with van der Waals surface area (Å²) in [7, 11) is 0. The Balaban J connectivity index is 1.83. The molecule has 4 nitrogen and oxygen atoms in total. The van der Waals surface area contributed by atoms with Gasteiger partial charge < -0.3 is 10.4 Å². The van der Waals surface area contributed by atoms with Crippen LogP contribution in [0.2, 0.25) is 0 Å². The van der Waals surface area contributed by atoms with Gasteiger partial charge in [-0.25, -0.2) is 9.97 Å². The largest absolute Gasteiger partial charge is 0.393 e. The molecule has 1 aromatic heterocycles. The van der Waals surface area contributed by atoms with Crippen LogP contribution >= 0.6 is 0 Å². The predicted octanol–water partition coefficient (Wildman–Crippen LogP) is 1.36. The van der Waals surface area contributed by atoms with E-state index in [-0.39, 0.29) is 6.10 Å². The second-order valence-electron chi connectivity index (χ2n) is 4.24. The molecule has 2 rings (SSSR count). The molecule has 0 aliphatic heterocycles. The van der Waals surface area contributed by atoms with E-state index in [1.807, 2.05) is 13.0 Å². The van der Waals surface area contributed by atoms with Gasteiger partial charge in [-0.15, -0.1) is 0 Å². The number of hydrogen-bond donors (Lipinski definition) is 2. The molecule has 1 aliphatic carbocycles. The SMILES string of the molecule is Cc1ccnc(NCC2CCC(O)C2)n1. The van der Waals surface area contributed by atoms with E-state index in [0.29, 0.717) is 11.9 Å². The number of aryl methyl sites for hydroxylation is 1. The van der Waals surface area contributed by atoms with Crippen LogP contribution in [0.4, 0.5) is 5.95 Å². The highest BCUT2D eigenvalue weighted by Crippen LogP contribution is 2.25. The van der Waals surface area contributed by atoms with Gasteiger partial charge in [0, 0.05) is 18.4 Å². The smallest absolute Gasteiger partial charge is 0.222 e. The van der Waals surface area contributed by atoms with Crippen molar-refractivity contribution in [1.29, 1.82) is 0 Å². The highest BCUT2D eigenvalue weighted by atomic mass is 16.3. The molecule has 2 N–H and O–H groups in total. The van der Waals surface area contributed by atoms with E-state index in [2.05, 4.69) is 15.3 Å². The van der Waals surface area contributed by atoms with E-state index in [0.717, 1.165) is 31.5 Å². The van der Waals surface area contributed by atoms with Gasteiger partial charge in [0.15, 0.2) is 0 Å². The molecule has 82 valence electrons. The molecule has 0 radical (unpaired) electrons. The lowest BCUT2D eigenvalue weighted by atomic mass is 10.1. The normalized spacial score (nSPS) is 25.5. The summed E-state index contributed by atoms with van der Waals surface area (Å²) in [5.41, 5.74) is 0.971. The minimum absolute atomic E-state index is 0.102. The van der Waals surface area contributed by atoms with Crippen LogP contribution in [-0.2, 0) is 0 Å². The van der Waals surface area contributed by atoms with Crippen molar-refractivity contribution >= 4 is 5.95 Å². The third-order valence-corrected chi connectivity index (χ3v) is 2.86. The molecule has 0 bridgehead atoms. The molecule has 1 fully saturated rings. The maximum Gasteiger partial charge on any atom is 0.222 e. The van der Waals surface area contributed by atoms with E-state index < -0.39 is 0 Å². The molecule has 0 aromatic carbocycles. The molecule has 0 saturated heterocycles. The van der Waals surface area contributed by atoms with Gasteiger partial charge in [0.2, 0.25) is 5.95 Å². The van der Waals surface area contributed by atoms with Crippen LogP contribution in [0.3, 0.4) is 0 Å². The Morgan fingerprint density at radius 2 is 2.40 bits per heavy atom. The van der Waals surface area contributed by atoms with Crippen molar-refractivity contribution in [3.63, 3.8) is 0 Å². The standard InChI is InChI=1S/C11H17N3O/c1-8-4-5-12-11(14-8)13-7-9-2-3-10(15)6-9/h4-5,9-10,15H,2-3,6-7H2,1H3,(H,12,13,14). The van der Waals surface area contributed by atoms with Gasteiger partial charge in [-0.05, 0) is 38.2 Å². The van der Waals surface area contributed by atoms with Gasteiger partial charge >= 0.3 is 0 Å². The number of hydrogen-bond acceptors (Lipinski definition) is 4. The summed E-state index contributed by atoms with van der Waals surface area (Å²) in [4.78, 5) is 8.40. The number of aromatic nitrogens is 2. The van der Waals surface area contributed by atoms with Gasteiger partial charge in [0.05, 0.1) is 6.10 Å². The topological polar surface area (TPSA) is 58.0 Å². The van der Waals surface area contributed by atoms with E-state index in [1.54, 1.807) is 6.20 Å². The third-order valence-electron chi connectivity index (χ3n) is 2.86. The monoisotopic (exact) mass is 207 g/mol. The lowest BCUT2D eigenvalue weighted by Gasteiger charge is -2.10. The number of aliphatic hydroxyl groups excluding tert-OH is 1. The van der Waals surface area contributed by atoms with Crippen LogP contribution in [-0.4, -0.2) is 27.7 Å². The fourth-order valence-electron chi connectivity index (χ4n) is 2.00. The number of rotatable bonds is 3. The summed E-state index contributed by atoms with van der Waals surface area (Å²) < 4.78 is 0. The number of aliphatic hydroxyl groups is 1. The van der Waals surface area contributed by atoms with E-state index in [4.69, 9.17) is 0 Å². The second kappa shape index (κ2) is 4.57. The zero-order valence-electron chi connectivity index (χ0n) is 8.98. The molecule has 0 spiro atoms. The first-order chi connectivity index (χ1) is 7.24. The Morgan fingerprint density at radius 1 is 1.53 bits per heavy atom. The lowest BCUT2D eigenvalue weighted by Crippen LogP contribution is -2.14. The summed E-state index contributed by atoms with van der Waals surface area (Å²) >= 11 is 0. The van der Waals surface area contributed by atoms with Gasteiger partial charge in [-0.1, -0.05) is 0 Å².